The molecular weight excluding hydrogens is 580 g/mol. The number of ether oxygens (including phenoxy) is 1. The van der Waals surface area contributed by atoms with E-state index in [-0.39, 0.29) is 17.5 Å². The molecule has 6 nitrogen and oxygen atoms in total. The number of hydrogen-bond acceptors (Lipinski definition) is 5. The average molecular weight is 605 g/mol. The summed E-state index contributed by atoms with van der Waals surface area (Å²) in [6.45, 7) is 0. The number of nitrogens with zero attached hydrogens (tertiary/aromatic N) is 1. The molecule has 1 fully saturated rings. The fraction of sp³-hybridized carbons (Fsp3) is 0.147. The highest BCUT2D eigenvalue weighted by molar-refractivity contribution is 9.10. The Morgan fingerprint density at radius 2 is 1.51 bits per heavy atom. The fourth-order valence-corrected chi connectivity index (χ4v) is 7.11. The number of anilines is 2. The summed E-state index contributed by atoms with van der Waals surface area (Å²) in [5.74, 6) is -1.02. The van der Waals surface area contributed by atoms with Gasteiger partial charge in [-0.2, -0.15) is 0 Å². The lowest BCUT2D eigenvalue weighted by atomic mass is 9.63. The number of carbonyl (C=O) groups is 3. The smallest absolute Gasteiger partial charge is 0.238 e. The van der Waals surface area contributed by atoms with Crippen molar-refractivity contribution in [1.82, 2.24) is 0 Å². The van der Waals surface area contributed by atoms with Gasteiger partial charge in [-0.3, -0.25) is 14.4 Å². The monoisotopic (exact) mass is 604 g/mol. The zero-order chi connectivity index (χ0) is 28.3. The van der Waals surface area contributed by atoms with Crippen LogP contribution < -0.4 is 15.0 Å². The maximum absolute atomic E-state index is 14.7. The van der Waals surface area contributed by atoms with E-state index in [0.29, 0.717) is 28.1 Å². The first-order valence-corrected chi connectivity index (χ1v) is 14.2. The molecule has 3 aliphatic rings. The van der Waals surface area contributed by atoms with E-state index in [4.69, 9.17) is 4.74 Å². The van der Waals surface area contributed by atoms with Crippen molar-refractivity contribution in [2.24, 2.45) is 5.92 Å². The molecular formula is C34H25BrN2O4. The summed E-state index contributed by atoms with van der Waals surface area (Å²) in [5, 5.41) is 3.04. The molecule has 3 aliphatic heterocycles. The largest absolute Gasteiger partial charge is 0.497 e. The summed E-state index contributed by atoms with van der Waals surface area (Å²) in [6, 6.07) is 27.8. The first kappa shape index (κ1) is 25.5. The van der Waals surface area contributed by atoms with E-state index in [1.54, 1.807) is 43.5 Å². The van der Waals surface area contributed by atoms with Gasteiger partial charge in [-0.15, -0.1) is 0 Å². The van der Waals surface area contributed by atoms with Crippen LogP contribution in [0.4, 0.5) is 11.4 Å². The molecule has 4 aromatic carbocycles. The summed E-state index contributed by atoms with van der Waals surface area (Å²) in [7, 11) is 1.57. The first-order chi connectivity index (χ1) is 19.9. The third kappa shape index (κ3) is 3.65. The Labute approximate surface area is 245 Å². The van der Waals surface area contributed by atoms with Crippen molar-refractivity contribution in [3.05, 3.63) is 130 Å². The van der Waals surface area contributed by atoms with Gasteiger partial charge in [0.2, 0.25) is 5.91 Å². The van der Waals surface area contributed by atoms with Crippen LogP contribution in [0.1, 0.15) is 31.8 Å². The lowest BCUT2D eigenvalue weighted by molar-refractivity contribution is -0.121. The zero-order valence-corrected chi connectivity index (χ0v) is 23.7. The number of rotatable bonds is 5. The van der Waals surface area contributed by atoms with E-state index < -0.39 is 23.4 Å². The molecule has 1 saturated heterocycles. The molecule has 41 heavy (non-hydrogen) atoms. The topological polar surface area (TPSA) is 75.7 Å². The Balaban J connectivity index is 1.52. The Morgan fingerprint density at radius 3 is 2.27 bits per heavy atom. The van der Waals surface area contributed by atoms with Crippen molar-refractivity contribution in [2.45, 2.75) is 17.5 Å². The molecule has 0 bridgehead atoms. The van der Waals surface area contributed by atoms with Crippen LogP contribution in [0.2, 0.25) is 0 Å². The van der Waals surface area contributed by atoms with Gasteiger partial charge in [0.1, 0.15) is 17.2 Å². The van der Waals surface area contributed by atoms with Crippen molar-refractivity contribution < 1.29 is 19.1 Å². The van der Waals surface area contributed by atoms with Crippen LogP contribution in [0.5, 0.6) is 5.75 Å². The van der Waals surface area contributed by atoms with Gasteiger partial charge >= 0.3 is 0 Å². The van der Waals surface area contributed by atoms with Crippen LogP contribution in [0, 0.1) is 5.92 Å². The number of amides is 1. The van der Waals surface area contributed by atoms with E-state index in [2.05, 4.69) is 21.2 Å². The van der Waals surface area contributed by atoms with E-state index in [9.17, 15) is 14.4 Å². The minimum Gasteiger partial charge on any atom is -0.497 e. The molecule has 1 N–H and O–H groups in total. The van der Waals surface area contributed by atoms with Gasteiger partial charge in [-0.25, -0.2) is 0 Å². The van der Waals surface area contributed by atoms with Gasteiger partial charge in [-0.1, -0.05) is 76.6 Å². The quantitative estimate of drug-likeness (QED) is 0.270. The standard InChI is InChI=1S/C34H25BrN2O4/c1-41-24-17-12-21(13-18-24)30(38)29-28-19-14-20-6-2-5-9-27(20)37(28)32(31(39)22-10-15-23(35)16-11-22)34(29)25-7-3-4-8-26(25)36-33(34)40/h2-19,28-29,32H,1H3,(H,36,40). The van der Waals surface area contributed by atoms with Gasteiger partial charge in [0.25, 0.3) is 0 Å². The second-order valence-corrected chi connectivity index (χ2v) is 11.4. The second-order valence-electron chi connectivity index (χ2n) is 10.5. The zero-order valence-electron chi connectivity index (χ0n) is 22.1. The van der Waals surface area contributed by atoms with Crippen LogP contribution >= 0.6 is 15.9 Å². The molecule has 202 valence electrons. The number of fused-ring (bicyclic) bond motifs is 5. The molecule has 1 spiro atoms. The van der Waals surface area contributed by atoms with Crippen LogP contribution in [0.3, 0.4) is 0 Å². The number of carbonyl (C=O) groups excluding carboxylic acids is 3. The minimum absolute atomic E-state index is 0.204. The molecule has 0 aromatic heterocycles. The lowest BCUT2D eigenvalue weighted by Crippen LogP contribution is -2.55. The highest BCUT2D eigenvalue weighted by Crippen LogP contribution is 2.58. The van der Waals surface area contributed by atoms with Gasteiger partial charge in [0.05, 0.1) is 19.1 Å². The summed E-state index contributed by atoms with van der Waals surface area (Å²) >= 11 is 3.46. The third-order valence-electron chi connectivity index (χ3n) is 8.58. The average Bonchev–Trinajstić information content (AvgIpc) is 3.48. The number of nitrogens with one attached hydrogen (secondary N) is 1. The predicted molar refractivity (Wildman–Crippen MR) is 162 cm³/mol. The summed E-state index contributed by atoms with van der Waals surface area (Å²) in [4.78, 5) is 45.9. The SMILES string of the molecule is COc1ccc(C(=O)C2C3C=Cc4ccccc4N3C(C(=O)c3ccc(Br)cc3)C23C(=O)Nc2ccccc23)cc1. The maximum atomic E-state index is 14.7. The molecule has 7 rings (SSSR count). The van der Waals surface area contributed by atoms with Gasteiger partial charge in [-0.05, 0) is 59.7 Å². The summed E-state index contributed by atoms with van der Waals surface area (Å²) in [5.41, 5.74) is 2.47. The fourth-order valence-electron chi connectivity index (χ4n) is 6.84. The number of halogens is 1. The lowest BCUT2D eigenvalue weighted by Gasteiger charge is -2.37. The van der Waals surface area contributed by atoms with Crippen LogP contribution in [-0.4, -0.2) is 36.7 Å². The van der Waals surface area contributed by atoms with Gasteiger partial charge in [0.15, 0.2) is 11.6 Å². The van der Waals surface area contributed by atoms with Crippen molar-refractivity contribution >= 4 is 50.9 Å². The number of hydrogen-bond donors (Lipinski definition) is 1. The van der Waals surface area contributed by atoms with Gasteiger partial charge < -0.3 is 15.0 Å². The van der Waals surface area contributed by atoms with E-state index in [1.165, 1.54) is 0 Å². The Bertz CT molecular complexity index is 1750. The van der Waals surface area contributed by atoms with Crippen molar-refractivity contribution in [3.63, 3.8) is 0 Å². The number of benzene rings is 4. The predicted octanol–water partition coefficient (Wildman–Crippen LogP) is 6.31. The van der Waals surface area contributed by atoms with Crippen LogP contribution in [0.15, 0.2) is 108 Å². The van der Waals surface area contributed by atoms with Gasteiger partial charge in [0, 0.05) is 27.0 Å². The number of para-hydroxylation sites is 2. The molecule has 0 aliphatic carbocycles. The highest BCUT2D eigenvalue weighted by atomic mass is 79.9. The van der Waals surface area contributed by atoms with E-state index in [0.717, 1.165) is 15.7 Å². The molecule has 0 saturated carbocycles. The normalized spacial score (nSPS) is 23.5. The molecule has 4 unspecified atom stereocenters. The molecule has 4 atom stereocenters. The Hall–Kier alpha value is -4.49. The molecule has 4 aromatic rings. The number of methoxy groups -OCH3 is 1. The number of Topliss-reactive ketones (excluding diaryl/α,β-unsaturated/α-hetero) is 2. The molecule has 0 radical (unpaired) electrons. The highest BCUT2D eigenvalue weighted by Gasteiger charge is 2.70. The third-order valence-corrected chi connectivity index (χ3v) is 9.11. The Morgan fingerprint density at radius 1 is 0.854 bits per heavy atom. The maximum Gasteiger partial charge on any atom is 0.238 e. The van der Waals surface area contributed by atoms with Crippen molar-refractivity contribution in [2.75, 3.05) is 17.3 Å². The van der Waals surface area contributed by atoms with E-state index >= 15 is 0 Å². The van der Waals surface area contributed by atoms with Crippen LogP contribution in [0.25, 0.3) is 6.08 Å². The van der Waals surface area contributed by atoms with Crippen molar-refractivity contribution in [1.29, 1.82) is 0 Å². The first-order valence-electron chi connectivity index (χ1n) is 13.4. The second kappa shape index (κ2) is 9.56. The summed E-state index contributed by atoms with van der Waals surface area (Å²) in [6.07, 6.45) is 3.96. The molecule has 1 amide bonds. The minimum atomic E-state index is -1.48. The molecule has 3 heterocycles. The van der Waals surface area contributed by atoms with E-state index in [1.807, 2.05) is 77.7 Å². The number of ketones is 2. The molecule has 7 heteroatoms. The van der Waals surface area contributed by atoms with Crippen molar-refractivity contribution in [3.8, 4) is 5.75 Å². The Kier molecular flexibility index (Phi) is 5.94. The van der Waals surface area contributed by atoms with Crippen LogP contribution in [-0.2, 0) is 10.2 Å². The summed E-state index contributed by atoms with van der Waals surface area (Å²) < 4.78 is 6.16.